The molecule has 0 aliphatic heterocycles. The molecule has 0 aromatic heterocycles. The molecular weight excluding hydrogens is 199 g/mol. The quantitative estimate of drug-likeness (QED) is 0.435. The maximum absolute atomic E-state index is 8.33. The van der Waals surface area contributed by atoms with Crippen molar-refractivity contribution in [3.63, 3.8) is 0 Å². The Morgan fingerprint density at radius 3 is 1.40 bits per heavy atom. The molecule has 5 heavy (non-hydrogen) atoms. The SMILES string of the molecule is O=C([O-])[O-].[La]. The molecule has 0 spiro atoms. The van der Waals surface area contributed by atoms with Gasteiger partial charge in [0.25, 0.3) is 0 Å². The van der Waals surface area contributed by atoms with Gasteiger partial charge in [0, 0.05) is 35.6 Å². The number of carboxylic acid groups (broad SMARTS) is 2. The van der Waals surface area contributed by atoms with E-state index in [1.165, 1.54) is 0 Å². The molecule has 0 saturated heterocycles. The van der Waals surface area contributed by atoms with Crippen LogP contribution in [0.25, 0.3) is 0 Å². The van der Waals surface area contributed by atoms with Crippen molar-refractivity contribution in [2.45, 2.75) is 0 Å². The number of carbonyl (C=O) groups excluding carboxylic acids is 1. The summed E-state index contributed by atoms with van der Waals surface area (Å²) in [6.45, 7) is 0. The minimum atomic E-state index is -2.33. The topological polar surface area (TPSA) is 63.2 Å². The second-order valence-corrected chi connectivity index (χ2v) is 0.250. The van der Waals surface area contributed by atoms with Gasteiger partial charge in [-0.05, 0) is 6.16 Å². The van der Waals surface area contributed by atoms with Crippen molar-refractivity contribution in [2.24, 2.45) is 0 Å². The first kappa shape index (κ1) is 9.07. The van der Waals surface area contributed by atoms with Crippen molar-refractivity contribution in [2.75, 3.05) is 0 Å². The first-order chi connectivity index (χ1) is 1.73. The molecule has 0 aliphatic rings. The van der Waals surface area contributed by atoms with Crippen LogP contribution in [0.15, 0.2) is 0 Å². The van der Waals surface area contributed by atoms with Gasteiger partial charge >= 0.3 is 0 Å². The minimum Gasteiger partial charge on any atom is -0.652 e. The van der Waals surface area contributed by atoms with Crippen LogP contribution < -0.4 is 10.2 Å². The Balaban J connectivity index is 0. The molecule has 1 radical (unpaired) electrons. The third-order valence-corrected chi connectivity index (χ3v) is 0. The van der Waals surface area contributed by atoms with Crippen LogP contribution in [0.1, 0.15) is 0 Å². The molecule has 0 heterocycles. The van der Waals surface area contributed by atoms with Crippen LogP contribution in [0.3, 0.4) is 0 Å². The molecule has 0 aromatic rings. The normalized spacial score (nSPS) is 4.80. The maximum atomic E-state index is 8.33. The summed E-state index contributed by atoms with van der Waals surface area (Å²) in [5, 5.41) is 16.7. The van der Waals surface area contributed by atoms with E-state index in [-0.39, 0.29) is 35.6 Å². The molecule has 0 aliphatic carbocycles. The Labute approximate surface area is 56.6 Å². The Bertz CT molecular complexity index is 29.9. The van der Waals surface area contributed by atoms with E-state index in [1.54, 1.807) is 0 Å². The molecule has 0 aromatic carbocycles. The average Bonchev–Trinajstić information content (AvgIpc) is 0.811. The average molecular weight is 199 g/mol. The molecule has 0 atom stereocenters. The molecule has 0 N–H and O–H groups in total. The van der Waals surface area contributed by atoms with Gasteiger partial charge < -0.3 is 15.0 Å². The van der Waals surface area contributed by atoms with E-state index < -0.39 is 6.16 Å². The molecule has 27 valence electrons. The fourth-order valence-corrected chi connectivity index (χ4v) is 0. The second kappa shape index (κ2) is 4.46. The fourth-order valence-electron chi connectivity index (χ4n) is 0. The Hall–Kier alpha value is 0.465. The van der Waals surface area contributed by atoms with Crippen LogP contribution in [-0.4, -0.2) is 6.16 Å². The Morgan fingerprint density at radius 2 is 1.40 bits per heavy atom. The molecule has 3 nitrogen and oxygen atoms in total. The zero-order chi connectivity index (χ0) is 3.58. The third-order valence-electron chi connectivity index (χ3n) is 0. The summed E-state index contributed by atoms with van der Waals surface area (Å²) in [5.74, 6) is 0. The van der Waals surface area contributed by atoms with Crippen molar-refractivity contribution in [1.29, 1.82) is 0 Å². The molecule has 0 amide bonds. The third kappa shape index (κ3) is 126. The van der Waals surface area contributed by atoms with E-state index in [4.69, 9.17) is 15.0 Å². The smallest absolute Gasteiger partial charge is 0 e. The first-order valence-electron chi connectivity index (χ1n) is 0.612. The number of hydrogen-bond donors (Lipinski definition) is 0. The van der Waals surface area contributed by atoms with Gasteiger partial charge in [-0.3, -0.25) is 0 Å². The summed E-state index contributed by atoms with van der Waals surface area (Å²) < 4.78 is 0. The molecule has 4 heteroatoms. The molecule has 0 saturated carbocycles. The summed E-state index contributed by atoms with van der Waals surface area (Å²) in [7, 11) is 0. The zero-order valence-electron chi connectivity index (χ0n) is 2.30. The minimum absolute atomic E-state index is 0. The number of carbonyl (C=O) groups is 1. The van der Waals surface area contributed by atoms with E-state index in [0.29, 0.717) is 0 Å². The number of hydrogen-bond acceptors (Lipinski definition) is 3. The van der Waals surface area contributed by atoms with Gasteiger partial charge in [-0.1, -0.05) is 0 Å². The molecule has 0 fully saturated rings. The number of rotatable bonds is 0. The summed E-state index contributed by atoms with van der Waals surface area (Å²) >= 11 is 0. The van der Waals surface area contributed by atoms with Gasteiger partial charge in [0.1, 0.15) is 0 Å². The molecule has 0 bridgehead atoms. The van der Waals surface area contributed by atoms with E-state index in [0.717, 1.165) is 0 Å². The van der Waals surface area contributed by atoms with Gasteiger partial charge in [0.2, 0.25) is 0 Å². The van der Waals surface area contributed by atoms with Crippen molar-refractivity contribution in [3.8, 4) is 0 Å². The summed E-state index contributed by atoms with van der Waals surface area (Å²) in [6.07, 6.45) is -2.33. The van der Waals surface area contributed by atoms with Crippen LogP contribution in [0.2, 0.25) is 0 Å². The summed E-state index contributed by atoms with van der Waals surface area (Å²) in [6, 6.07) is 0. The summed E-state index contributed by atoms with van der Waals surface area (Å²) in [5.41, 5.74) is 0. The maximum Gasteiger partial charge on any atom is 0 e. The van der Waals surface area contributed by atoms with Gasteiger partial charge in [-0.2, -0.15) is 0 Å². The van der Waals surface area contributed by atoms with Gasteiger partial charge in [-0.15, -0.1) is 0 Å². The van der Waals surface area contributed by atoms with Crippen molar-refractivity contribution in [3.05, 3.63) is 0 Å². The van der Waals surface area contributed by atoms with Gasteiger partial charge in [-0.25, -0.2) is 0 Å². The van der Waals surface area contributed by atoms with E-state index >= 15 is 0 Å². The van der Waals surface area contributed by atoms with Crippen LogP contribution in [-0.2, 0) is 0 Å². The van der Waals surface area contributed by atoms with Crippen LogP contribution in [0, 0.1) is 35.6 Å². The van der Waals surface area contributed by atoms with E-state index in [2.05, 4.69) is 0 Å². The monoisotopic (exact) mass is 199 g/mol. The van der Waals surface area contributed by atoms with Gasteiger partial charge in [0.05, 0.1) is 0 Å². The Morgan fingerprint density at radius 1 is 1.40 bits per heavy atom. The predicted molar refractivity (Wildman–Crippen MR) is 5.40 cm³/mol. The van der Waals surface area contributed by atoms with Crippen molar-refractivity contribution in [1.82, 2.24) is 0 Å². The standard InChI is InChI=1S/CH2O3.La/c2-1(3)4;/h(H2,2,3,4);/p-2. The fraction of sp³-hybridized carbons (Fsp3) is 0. The van der Waals surface area contributed by atoms with Gasteiger partial charge in [0.15, 0.2) is 0 Å². The summed E-state index contributed by atoms with van der Waals surface area (Å²) in [4.78, 5) is 8.33. The van der Waals surface area contributed by atoms with Crippen LogP contribution in [0.4, 0.5) is 4.79 Å². The molecule has 0 unspecified atom stereocenters. The van der Waals surface area contributed by atoms with Crippen LogP contribution >= 0.6 is 0 Å². The zero-order valence-corrected chi connectivity index (χ0v) is 5.93. The Kier molecular flexibility index (Phi) is 8.10. The largest absolute Gasteiger partial charge is 0.652 e. The molecule has 0 rings (SSSR count). The van der Waals surface area contributed by atoms with Crippen molar-refractivity contribution < 1.29 is 50.6 Å². The van der Waals surface area contributed by atoms with E-state index in [1.807, 2.05) is 0 Å². The van der Waals surface area contributed by atoms with E-state index in [9.17, 15) is 0 Å². The van der Waals surface area contributed by atoms with Crippen LogP contribution in [0.5, 0.6) is 0 Å². The predicted octanol–water partition coefficient (Wildman–Crippen LogP) is -2.45. The second-order valence-electron chi connectivity index (χ2n) is 0.250. The molecular formula is CLaO3-2. The first-order valence-corrected chi connectivity index (χ1v) is 0.612. The van der Waals surface area contributed by atoms with Crippen molar-refractivity contribution >= 4 is 6.16 Å².